The van der Waals surface area contributed by atoms with Gasteiger partial charge in [0.2, 0.25) is 0 Å². The number of anilines is 4. The van der Waals surface area contributed by atoms with Gasteiger partial charge in [0.05, 0.1) is 12.4 Å². The number of H-pyrrole nitrogens is 1. The maximum absolute atomic E-state index is 4.43. The molecule has 0 aliphatic carbocycles. The van der Waals surface area contributed by atoms with Crippen LogP contribution in [0, 0.1) is 6.92 Å². The zero-order valence-corrected chi connectivity index (χ0v) is 11.0. The molecule has 1 aromatic carbocycles. The molecule has 0 aliphatic heterocycles. The van der Waals surface area contributed by atoms with E-state index in [4.69, 9.17) is 0 Å². The Balaban J connectivity index is 1.76. The largest absolute Gasteiger partial charge is 0.339 e. The second-order valence-corrected chi connectivity index (χ2v) is 4.34. The lowest BCUT2D eigenvalue weighted by Gasteiger charge is -2.07. The molecule has 6 nitrogen and oxygen atoms in total. The van der Waals surface area contributed by atoms with Crippen molar-refractivity contribution in [1.29, 1.82) is 0 Å². The van der Waals surface area contributed by atoms with E-state index in [0.29, 0.717) is 17.5 Å². The van der Waals surface area contributed by atoms with Gasteiger partial charge in [-0.2, -0.15) is 5.10 Å². The van der Waals surface area contributed by atoms with Crippen LogP contribution in [0.4, 0.5) is 23.1 Å². The van der Waals surface area contributed by atoms with Gasteiger partial charge in [0.15, 0.2) is 17.5 Å². The fourth-order valence-corrected chi connectivity index (χ4v) is 1.77. The highest BCUT2D eigenvalue weighted by Crippen LogP contribution is 2.16. The van der Waals surface area contributed by atoms with Crippen molar-refractivity contribution < 1.29 is 0 Å². The van der Waals surface area contributed by atoms with Gasteiger partial charge >= 0.3 is 0 Å². The molecule has 3 aromatic rings. The molecule has 0 bridgehead atoms. The molecule has 0 radical (unpaired) electrons. The topological polar surface area (TPSA) is 78.5 Å². The lowest BCUT2D eigenvalue weighted by molar-refractivity contribution is 1.05. The van der Waals surface area contributed by atoms with Crippen molar-refractivity contribution in [2.75, 3.05) is 10.6 Å². The number of aromatic amines is 1. The average Bonchev–Trinajstić information content (AvgIpc) is 2.86. The van der Waals surface area contributed by atoms with Gasteiger partial charge in [-0.15, -0.1) is 0 Å². The van der Waals surface area contributed by atoms with Gasteiger partial charge in [-0.1, -0.05) is 18.2 Å². The highest BCUT2D eigenvalue weighted by atomic mass is 15.2. The molecule has 0 saturated heterocycles. The Labute approximate surface area is 116 Å². The summed E-state index contributed by atoms with van der Waals surface area (Å²) in [6.07, 6.45) is 3.33. The van der Waals surface area contributed by atoms with Crippen molar-refractivity contribution in [1.82, 2.24) is 20.2 Å². The highest BCUT2D eigenvalue weighted by molar-refractivity contribution is 5.58. The monoisotopic (exact) mass is 266 g/mol. The van der Waals surface area contributed by atoms with Crippen LogP contribution >= 0.6 is 0 Å². The van der Waals surface area contributed by atoms with E-state index in [1.807, 2.05) is 43.3 Å². The molecule has 6 heteroatoms. The Morgan fingerprint density at radius 2 is 1.70 bits per heavy atom. The molecule has 0 spiro atoms. The molecular weight excluding hydrogens is 252 g/mol. The van der Waals surface area contributed by atoms with Crippen molar-refractivity contribution in [3.8, 4) is 0 Å². The summed E-state index contributed by atoms with van der Waals surface area (Å²) in [7, 11) is 0. The smallest absolute Gasteiger partial charge is 0.153 e. The van der Waals surface area contributed by atoms with Crippen LogP contribution in [0.5, 0.6) is 0 Å². The number of aromatic nitrogens is 4. The van der Waals surface area contributed by atoms with Crippen LogP contribution < -0.4 is 10.6 Å². The van der Waals surface area contributed by atoms with E-state index >= 15 is 0 Å². The summed E-state index contributed by atoms with van der Waals surface area (Å²) in [5.74, 6) is 2.03. The zero-order valence-electron chi connectivity index (χ0n) is 11.0. The fourth-order valence-electron chi connectivity index (χ4n) is 1.77. The minimum atomic E-state index is 0.637. The van der Waals surface area contributed by atoms with E-state index in [1.54, 1.807) is 12.4 Å². The minimum Gasteiger partial charge on any atom is -0.339 e. The summed E-state index contributed by atoms with van der Waals surface area (Å²) in [6, 6.07) is 11.7. The number of rotatable bonds is 4. The predicted molar refractivity (Wildman–Crippen MR) is 78.4 cm³/mol. The molecule has 100 valence electrons. The lowest BCUT2D eigenvalue weighted by atomic mass is 10.3. The Bertz CT molecular complexity index is 692. The number of nitrogens with zero attached hydrogens (tertiary/aromatic N) is 3. The van der Waals surface area contributed by atoms with Crippen molar-refractivity contribution in [3.63, 3.8) is 0 Å². The molecule has 3 rings (SSSR count). The Morgan fingerprint density at radius 1 is 0.950 bits per heavy atom. The van der Waals surface area contributed by atoms with Gasteiger partial charge < -0.3 is 10.6 Å². The first-order chi connectivity index (χ1) is 9.79. The highest BCUT2D eigenvalue weighted by Gasteiger charge is 2.02. The summed E-state index contributed by atoms with van der Waals surface area (Å²) >= 11 is 0. The van der Waals surface area contributed by atoms with Crippen molar-refractivity contribution in [2.24, 2.45) is 0 Å². The summed E-state index contributed by atoms with van der Waals surface area (Å²) in [5.41, 5.74) is 1.95. The Morgan fingerprint density at radius 3 is 2.40 bits per heavy atom. The van der Waals surface area contributed by atoms with Gasteiger partial charge in [-0.3, -0.25) is 10.1 Å². The van der Waals surface area contributed by atoms with Crippen LogP contribution in [0.25, 0.3) is 0 Å². The number of benzene rings is 1. The van der Waals surface area contributed by atoms with Crippen LogP contribution in [-0.4, -0.2) is 20.2 Å². The number of para-hydroxylation sites is 1. The molecule has 2 aromatic heterocycles. The van der Waals surface area contributed by atoms with Crippen LogP contribution in [0.2, 0.25) is 0 Å². The van der Waals surface area contributed by atoms with Crippen molar-refractivity contribution in [3.05, 3.63) is 54.5 Å². The van der Waals surface area contributed by atoms with Gasteiger partial charge in [0, 0.05) is 17.4 Å². The Hall–Kier alpha value is -2.89. The molecule has 3 N–H and O–H groups in total. The molecule has 0 unspecified atom stereocenters. The fraction of sp³-hybridized carbons (Fsp3) is 0.0714. The van der Waals surface area contributed by atoms with E-state index in [-0.39, 0.29) is 0 Å². The number of nitrogens with one attached hydrogen (secondary N) is 3. The molecule has 0 amide bonds. The quantitative estimate of drug-likeness (QED) is 0.676. The normalized spacial score (nSPS) is 10.2. The van der Waals surface area contributed by atoms with Gasteiger partial charge in [-0.05, 0) is 19.1 Å². The standard InChI is InChI=1S/C14H14N6/c1-10-7-12(20-19-10)17-14-9-15-8-13(18-14)16-11-5-3-2-4-6-11/h2-9H,1H3,(H3,16,17,18,19,20). The molecular formula is C14H14N6. The molecule has 0 aliphatic rings. The number of hydrogen-bond donors (Lipinski definition) is 3. The maximum Gasteiger partial charge on any atom is 0.153 e. The first-order valence-corrected chi connectivity index (χ1v) is 6.23. The number of hydrogen-bond acceptors (Lipinski definition) is 5. The second kappa shape index (κ2) is 5.40. The minimum absolute atomic E-state index is 0.637. The third-order valence-corrected chi connectivity index (χ3v) is 2.64. The predicted octanol–water partition coefficient (Wildman–Crippen LogP) is 3.00. The van der Waals surface area contributed by atoms with E-state index in [2.05, 4.69) is 30.8 Å². The Kier molecular flexibility index (Phi) is 3.28. The van der Waals surface area contributed by atoms with Crippen molar-refractivity contribution >= 4 is 23.1 Å². The van der Waals surface area contributed by atoms with E-state index < -0.39 is 0 Å². The van der Waals surface area contributed by atoms with Crippen molar-refractivity contribution in [2.45, 2.75) is 6.92 Å². The summed E-state index contributed by atoms with van der Waals surface area (Å²) in [6.45, 7) is 1.94. The molecule has 20 heavy (non-hydrogen) atoms. The van der Waals surface area contributed by atoms with Gasteiger partial charge in [0.25, 0.3) is 0 Å². The van der Waals surface area contributed by atoms with Crippen LogP contribution in [0.3, 0.4) is 0 Å². The number of aryl methyl sites for hydroxylation is 1. The summed E-state index contributed by atoms with van der Waals surface area (Å²) < 4.78 is 0. The zero-order chi connectivity index (χ0) is 13.8. The van der Waals surface area contributed by atoms with Gasteiger partial charge in [0.1, 0.15) is 0 Å². The van der Waals surface area contributed by atoms with E-state index in [0.717, 1.165) is 11.4 Å². The second-order valence-electron chi connectivity index (χ2n) is 4.34. The molecule has 0 fully saturated rings. The van der Waals surface area contributed by atoms with E-state index in [1.165, 1.54) is 0 Å². The average molecular weight is 266 g/mol. The summed E-state index contributed by atoms with van der Waals surface area (Å²) in [4.78, 5) is 8.59. The van der Waals surface area contributed by atoms with E-state index in [9.17, 15) is 0 Å². The SMILES string of the molecule is Cc1cc(Nc2cncc(Nc3ccccc3)n2)n[nH]1. The molecule has 0 atom stereocenters. The van der Waals surface area contributed by atoms with Gasteiger partial charge in [-0.25, -0.2) is 4.98 Å². The molecule has 2 heterocycles. The van der Waals surface area contributed by atoms with Crippen LogP contribution in [-0.2, 0) is 0 Å². The summed E-state index contributed by atoms with van der Waals surface area (Å²) in [5, 5.41) is 13.3. The van der Waals surface area contributed by atoms with Crippen LogP contribution in [0.15, 0.2) is 48.8 Å². The first-order valence-electron chi connectivity index (χ1n) is 6.23. The van der Waals surface area contributed by atoms with Crippen LogP contribution in [0.1, 0.15) is 5.69 Å². The maximum atomic E-state index is 4.43. The lowest BCUT2D eigenvalue weighted by Crippen LogP contribution is -1.99. The molecule has 0 saturated carbocycles. The first kappa shape index (κ1) is 12.2. The third kappa shape index (κ3) is 2.92. The third-order valence-electron chi connectivity index (χ3n) is 2.64.